The number of aromatic nitrogens is 3. The zero-order chi connectivity index (χ0) is 11.6. The van der Waals surface area contributed by atoms with Gasteiger partial charge in [-0.3, -0.25) is 9.48 Å². The van der Waals surface area contributed by atoms with E-state index in [4.69, 9.17) is 5.11 Å². The van der Waals surface area contributed by atoms with Crippen LogP contribution in [0.1, 0.15) is 26.6 Å². The fourth-order valence-corrected chi connectivity index (χ4v) is 1.45. The van der Waals surface area contributed by atoms with Crippen LogP contribution in [0.2, 0.25) is 0 Å². The highest BCUT2D eigenvalue weighted by Crippen LogP contribution is 2.28. The van der Waals surface area contributed by atoms with Crippen LogP contribution >= 0.6 is 0 Å². The minimum absolute atomic E-state index is 0.280. The molecule has 1 N–H and O–H groups in total. The van der Waals surface area contributed by atoms with Crippen molar-refractivity contribution >= 4 is 5.97 Å². The molecule has 1 aromatic rings. The van der Waals surface area contributed by atoms with E-state index in [9.17, 15) is 4.79 Å². The Morgan fingerprint density at radius 1 is 1.60 bits per heavy atom. The Kier molecular flexibility index (Phi) is 3.12. The Balaban J connectivity index is 2.86. The lowest BCUT2D eigenvalue weighted by molar-refractivity contribution is -0.145. The summed E-state index contributed by atoms with van der Waals surface area (Å²) >= 11 is 0. The number of hydrogen-bond donors (Lipinski definition) is 1. The van der Waals surface area contributed by atoms with Gasteiger partial charge in [0.1, 0.15) is 12.2 Å². The van der Waals surface area contributed by atoms with Gasteiger partial charge in [0.05, 0.1) is 5.92 Å². The molecule has 15 heavy (non-hydrogen) atoms. The predicted molar refractivity (Wildman–Crippen MR) is 55.3 cm³/mol. The Hall–Kier alpha value is -1.39. The molecule has 1 rings (SSSR count). The SMILES string of the molecule is Cn1ncnc1CC(C(=O)O)C(C)(C)C. The summed E-state index contributed by atoms with van der Waals surface area (Å²) in [5.74, 6) is -0.525. The molecule has 1 atom stereocenters. The van der Waals surface area contributed by atoms with Gasteiger partial charge in [-0.1, -0.05) is 20.8 Å². The van der Waals surface area contributed by atoms with Crippen LogP contribution in [0.3, 0.4) is 0 Å². The Bertz CT molecular complexity index is 352. The quantitative estimate of drug-likeness (QED) is 0.813. The topological polar surface area (TPSA) is 68.0 Å². The molecule has 1 aromatic heterocycles. The van der Waals surface area contributed by atoms with Crippen LogP contribution in [0.25, 0.3) is 0 Å². The van der Waals surface area contributed by atoms with E-state index in [1.54, 1.807) is 11.7 Å². The van der Waals surface area contributed by atoms with E-state index in [-0.39, 0.29) is 5.41 Å². The molecular formula is C10H17N3O2. The van der Waals surface area contributed by atoms with Crippen molar-refractivity contribution in [3.8, 4) is 0 Å². The van der Waals surface area contributed by atoms with Crippen molar-refractivity contribution in [1.82, 2.24) is 14.8 Å². The molecule has 0 aromatic carbocycles. The third kappa shape index (κ3) is 2.78. The summed E-state index contributed by atoms with van der Waals surface area (Å²) in [4.78, 5) is 15.2. The minimum atomic E-state index is -0.787. The highest BCUT2D eigenvalue weighted by atomic mass is 16.4. The van der Waals surface area contributed by atoms with E-state index in [0.717, 1.165) is 0 Å². The zero-order valence-corrected chi connectivity index (χ0v) is 9.56. The standard InChI is InChI=1S/C10H17N3O2/c1-10(2,3)7(9(14)15)5-8-11-6-12-13(8)4/h6-7H,5H2,1-4H3,(H,14,15). The van der Waals surface area contributed by atoms with Gasteiger partial charge in [0.25, 0.3) is 0 Å². The monoisotopic (exact) mass is 211 g/mol. The van der Waals surface area contributed by atoms with Crippen LogP contribution in [0.4, 0.5) is 0 Å². The third-order valence-electron chi connectivity index (χ3n) is 2.54. The molecule has 0 aliphatic rings. The Labute approximate surface area is 89.1 Å². The summed E-state index contributed by atoms with van der Waals surface area (Å²) in [5, 5.41) is 13.1. The van der Waals surface area contributed by atoms with Crippen molar-refractivity contribution in [3.05, 3.63) is 12.2 Å². The first-order chi connectivity index (χ1) is 6.82. The number of aryl methyl sites for hydroxylation is 1. The van der Waals surface area contributed by atoms with Crippen molar-refractivity contribution in [2.45, 2.75) is 27.2 Å². The molecular weight excluding hydrogens is 194 g/mol. The molecule has 0 spiro atoms. The van der Waals surface area contributed by atoms with Gasteiger partial charge in [0, 0.05) is 13.5 Å². The average molecular weight is 211 g/mol. The van der Waals surface area contributed by atoms with Crippen LogP contribution < -0.4 is 0 Å². The molecule has 0 amide bonds. The van der Waals surface area contributed by atoms with Gasteiger partial charge in [0.2, 0.25) is 0 Å². The lowest BCUT2D eigenvalue weighted by Gasteiger charge is -2.26. The first kappa shape index (κ1) is 11.7. The minimum Gasteiger partial charge on any atom is -0.481 e. The number of hydrogen-bond acceptors (Lipinski definition) is 3. The predicted octanol–water partition coefficient (Wildman–Crippen LogP) is 1.10. The molecule has 0 saturated carbocycles. The van der Waals surface area contributed by atoms with Gasteiger partial charge < -0.3 is 5.11 Å². The van der Waals surface area contributed by atoms with Crippen LogP contribution in [0, 0.1) is 11.3 Å². The lowest BCUT2D eigenvalue weighted by atomic mass is 9.78. The molecule has 1 unspecified atom stereocenters. The molecule has 1 heterocycles. The average Bonchev–Trinajstić information content (AvgIpc) is 2.44. The molecule has 0 aliphatic carbocycles. The van der Waals surface area contributed by atoms with Crippen molar-refractivity contribution in [2.24, 2.45) is 18.4 Å². The lowest BCUT2D eigenvalue weighted by Crippen LogP contribution is -2.31. The highest BCUT2D eigenvalue weighted by Gasteiger charge is 2.32. The van der Waals surface area contributed by atoms with E-state index < -0.39 is 11.9 Å². The largest absolute Gasteiger partial charge is 0.481 e. The smallest absolute Gasteiger partial charge is 0.307 e. The molecule has 84 valence electrons. The highest BCUT2D eigenvalue weighted by molar-refractivity contribution is 5.71. The van der Waals surface area contributed by atoms with Gasteiger partial charge in [0.15, 0.2) is 0 Å². The molecule has 5 nitrogen and oxygen atoms in total. The summed E-state index contributed by atoms with van der Waals surface area (Å²) < 4.78 is 1.61. The number of nitrogens with zero attached hydrogens (tertiary/aromatic N) is 3. The summed E-state index contributed by atoms with van der Waals surface area (Å²) in [6, 6.07) is 0. The van der Waals surface area contributed by atoms with Crippen molar-refractivity contribution < 1.29 is 9.90 Å². The first-order valence-electron chi connectivity index (χ1n) is 4.88. The Morgan fingerprint density at radius 2 is 2.20 bits per heavy atom. The van der Waals surface area contributed by atoms with Crippen LogP contribution in [-0.4, -0.2) is 25.8 Å². The number of aliphatic carboxylic acids is 1. The maximum absolute atomic E-state index is 11.1. The van der Waals surface area contributed by atoms with Gasteiger partial charge in [-0.2, -0.15) is 5.10 Å². The van der Waals surface area contributed by atoms with Crippen molar-refractivity contribution in [1.29, 1.82) is 0 Å². The molecule has 0 radical (unpaired) electrons. The number of carboxylic acid groups (broad SMARTS) is 1. The summed E-state index contributed by atoms with van der Waals surface area (Å²) in [6.45, 7) is 5.76. The maximum atomic E-state index is 11.1. The second kappa shape index (κ2) is 4.00. The molecule has 0 aliphatic heterocycles. The second-order valence-electron chi connectivity index (χ2n) is 4.76. The third-order valence-corrected chi connectivity index (χ3v) is 2.54. The van der Waals surface area contributed by atoms with E-state index in [2.05, 4.69) is 10.1 Å². The van der Waals surface area contributed by atoms with E-state index in [0.29, 0.717) is 12.2 Å². The van der Waals surface area contributed by atoms with Gasteiger partial charge in [-0.15, -0.1) is 0 Å². The Morgan fingerprint density at radius 3 is 2.53 bits per heavy atom. The normalized spacial score (nSPS) is 13.9. The summed E-state index contributed by atoms with van der Waals surface area (Å²) in [6.07, 6.45) is 1.85. The van der Waals surface area contributed by atoms with Crippen LogP contribution in [0.5, 0.6) is 0 Å². The zero-order valence-electron chi connectivity index (χ0n) is 9.56. The number of carbonyl (C=O) groups is 1. The fraction of sp³-hybridized carbons (Fsp3) is 0.700. The summed E-state index contributed by atoms with van der Waals surface area (Å²) in [5.41, 5.74) is -0.280. The molecule has 5 heteroatoms. The number of rotatable bonds is 3. The van der Waals surface area contributed by atoms with Crippen LogP contribution in [-0.2, 0) is 18.3 Å². The molecule has 0 fully saturated rings. The molecule has 0 saturated heterocycles. The fourth-order valence-electron chi connectivity index (χ4n) is 1.45. The maximum Gasteiger partial charge on any atom is 0.307 e. The second-order valence-corrected chi connectivity index (χ2v) is 4.76. The number of carboxylic acids is 1. The van der Waals surface area contributed by atoms with E-state index in [1.165, 1.54) is 6.33 Å². The van der Waals surface area contributed by atoms with Gasteiger partial charge in [-0.05, 0) is 5.41 Å². The summed E-state index contributed by atoms with van der Waals surface area (Å²) in [7, 11) is 1.77. The van der Waals surface area contributed by atoms with Crippen molar-refractivity contribution in [2.75, 3.05) is 0 Å². The van der Waals surface area contributed by atoms with Crippen LogP contribution in [0.15, 0.2) is 6.33 Å². The van der Waals surface area contributed by atoms with Crippen molar-refractivity contribution in [3.63, 3.8) is 0 Å². The van der Waals surface area contributed by atoms with Gasteiger partial charge in [-0.25, -0.2) is 4.98 Å². The van der Waals surface area contributed by atoms with E-state index in [1.807, 2.05) is 20.8 Å². The first-order valence-corrected chi connectivity index (χ1v) is 4.88. The van der Waals surface area contributed by atoms with Gasteiger partial charge >= 0.3 is 5.97 Å². The molecule has 0 bridgehead atoms. The van der Waals surface area contributed by atoms with E-state index >= 15 is 0 Å².